The molecular formula is C22H22ClN3O2S. The molecule has 2 aromatic rings. The molecule has 150 valence electrons. The Balaban J connectivity index is 1.62. The lowest BCUT2D eigenvalue weighted by Gasteiger charge is -2.27. The molecule has 5 nitrogen and oxygen atoms in total. The van der Waals surface area contributed by atoms with Crippen molar-refractivity contribution in [1.29, 1.82) is 0 Å². The van der Waals surface area contributed by atoms with E-state index in [4.69, 9.17) is 23.8 Å². The summed E-state index contributed by atoms with van der Waals surface area (Å²) in [5.74, 6) is -0.414. The molecule has 1 aliphatic heterocycles. The quantitative estimate of drug-likeness (QED) is 0.557. The summed E-state index contributed by atoms with van der Waals surface area (Å²) < 4.78 is 0. The molecule has 0 atom stereocenters. The van der Waals surface area contributed by atoms with Crippen molar-refractivity contribution in [3.63, 3.8) is 0 Å². The van der Waals surface area contributed by atoms with Gasteiger partial charge in [0.25, 0.3) is 5.91 Å². The Bertz CT molecular complexity index is 939. The van der Waals surface area contributed by atoms with E-state index in [1.165, 1.54) is 6.08 Å². The van der Waals surface area contributed by atoms with Crippen molar-refractivity contribution in [3.05, 3.63) is 70.8 Å². The predicted octanol–water partition coefficient (Wildman–Crippen LogP) is 4.49. The minimum Gasteiger partial charge on any atom is -0.339 e. The second-order valence-corrected chi connectivity index (χ2v) is 7.51. The standard InChI is InChI=1S/C22H22ClN3O2S/c23-18-10-4-2-8-16(18)12-13-20(27)25-22(29)24-19-11-5-3-9-17(19)21(28)26-14-6-1-7-15-26/h2-5,8-13H,1,6-7,14-15H2,(H2,24,25,27,29)/b13-12+. The Morgan fingerprint density at radius 3 is 2.45 bits per heavy atom. The van der Waals surface area contributed by atoms with Crippen LogP contribution in [0.5, 0.6) is 0 Å². The molecule has 1 heterocycles. The largest absolute Gasteiger partial charge is 0.339 e. The Kier molecular flexibility index (Phi) is 7.38. The molecule has 2 N–H and O–H groups in total. The fourth-order valence-corrected chi connectivity index (χ4v) is 3.54. The second-order valence-electron chi connectivity index (χ2n) is 6.70. The lowest BCUT2D eigenvalue weighted by Crippen LogP contribution is -2.37. The molecule has 2 aromatic carbocycles. The lowest BCUT2D eigenvalue weighted by atomic mass is 10.1. The third kappa shape index (κ3) is 5.89. The van der Waals surface area contributed by atoms with Gasteiger partial charge in [-0.3, -0.25) is 14.9 Å². The SMILES string of the molecule is O=C(/C=C/c1ccccc1Cl)NC(=S)Nc1ccccc1C(=O)N1CCCCC1. The second kappa shape index (κ2) is 10.2. The minimum atomic E-state index is -0.387. The van der Waals surface area contributed by atoms with E-state index in [9.17, 15) is 9.59 Å². The van der Waals surface area contributed by atoms with Crippen LogP contribution in [0, 0.1) is 0 Å². The monoisotopic (exact) mass is 427 g/mol. The summed E-state index contributed by atoms with van der Waals surface area (Å²) in [5.41, 5.74) is 1.85. The van der Waals surface area contributed by atoms with Gasteiger partial charge in [0.15, 0.2) is 5.11 Å². The smallest absolute Gasteiger partial charge is 0.255 e. The Morgan fingerprint density at radius 2 is 1.69 bits per heavy atom. The number of nitrogens with one attached hydrogen (secondary N) is 2. The number of benzene rings is 2. The van der Waals surface area contributed by atoms with Gasteiger partial charge in [-0.05, 0) is 61.3 Å². The van der Waals surface area contributed by atoms with E-state index >= 15 is 0 Å². The van der Waals surface area contributed by atoms with Gasteiger partial charge in [0.2, 0.25) is 5.91 Å². The number of rotatable bonds is 4. The molecule has 1 fully saturated rings. The minimum absolute atomic E-state index is 0.0273. The number of hydrogen-bond donors (Lipinski definition) is 2. The first-order valence-corrected chi connectivity index (χ1v) is 10.3. The van der Waals surface area contributed by atoms with Crippen molar-refractivity contribution in [1.82, 2.24) is 10.2 Å². The molecule has 1 saturated heterocycles. The summed E-state index contributed by atoms with van der Waals surface area (Å²) in [6, 6.07) is 14.4. The highest BCUT2D eigenvalue weighted by Gasteiger charge is 2.20. The van der Waals surface area contributed by atoms with Crippen molar-refractivity contribution < 1.29 is 9.59 Å². The van der Waals surface area contributed by atoms with Crippen LogP contribution in [-0.2, 0) is 4.79 Å². The number of thiocarbonyl (C=S) groups is 1. The highest BCUT2D eigenvalue weighted by Crippen LogP contribution is 2.20. The first-order chi connectivity index (χ1) is 14.0. The summed E-state index contributed by atoms with van der Waals surface area (Å²) >= 11 is 11.3. The number of likely N-dealkylation sites (tertiary alicyclic amines) is 1. The molecule has 0 saturated carbocycles. The van der Waals surface area contributed by atoms with Gasteiger partial charge < -0.3 is 10.2 Å². The van der Waals surface area contributed by atoms with Gasteiger partial charge >= 0.3 is 0 Å². The molecule has 1 aliphatic rings. The van der Waals surface area contributed by atoms with Crippen LogP contribution >= 0.6 is 23.8 Å². The fourth-order valence-electron chi connectivity index (χ4n) is 3.13. The average molecular weight is 428 g/mol. The zero-order valence-electron chi connectivity index (χ0n) is 15.9. The van der Waals surface area contributed by atoms with E-state index < -0.39 is 0 Å². The summed E-state index contributed by atoms with van der Waals surface area (Å²) in [6.45, 7) is 1.53. The number of anilines is 1. The van der Waals surface area contributed by atoms with Crippen LogP contribution in [0.1, 0.15) is 35.2 Å². The van der Waals surface area contributed by atoms with Gasteiger partial charge in [-0.25, -0.2) is 0 Å². The summed E-state index contributed by atoms with van der Waals surface area (Å²) in [7, 11) is 0. The summed E-state index contributed by atoms with van der Waals surface area (Å²) in [6.07, 6.45) is 6.18. The van der Waals surface area contributed by atoms with E-state index in [1.54, 1.807) is 24.3 Å². The molecule has 7 heteroatoms. The lowest BCUT2D eigenvalue weighted by molar-refractivity contribution is -0.115. The van der Waals surface area contributed by atoms with E-state index in [-0.39, 0.29) is 16.9 Å². The van der Waals surface area contributed by atoms with Gasteiger partial charge in [-0.2, -0.15) is 0 Å². The zero-order valence-corrected chi connectivity index (χ0v) is 17.4. The van der Waals surface area contributed by atoms with Gasteiger partial charge in [0.05, 0.1) is 11.3 Å². The number of para-hydroxylation sites is 1. The van der Waals surface area contributed by atoms with Crippen LogP contribution in [0.15, 0.2) is 54.6 Å². The maximum atomic E-state index is 12.8. The van der Waals surface area contributed by atoms with Crippen molar-refractivity contribution in [2.45, 2.75) is 19.3 Å². The molecule has 29 heavy (non-hydrogen) atoms. The average Bonchev–Trinajstić information content (AvgIpc) is 2.73. The molecule has 0 radical (unpaired) electrons. The number of hydrogen-bond acceptors (Lipinski definition) is 3. The van der Waals surface area contributed by atoms with Crippen LogP contribution in [-0.4, -0.2) is 34.9 Å². The van der Waals surface area contributed by atoms with Gasteiger partial charge in [0, 0.05) is 24.2 Å². The fraction of sp³-hybridized carbons (Fsp3) is 0.227. The summed E-state index contributed by atoms with van der Waals surface area (Å²) in [4.78, 5) is 26.9. The van der Waals surface area contributed by atoms with Crippen LogP contribution in [0.4, 0.5) is 5.69 Å². The summed E-state index contributed by atoms with van der Waals surface area (Å²) in [5, 5.41) is 6.23. The van der Waals surface area contributed by atoms with Crippen LogP contribution in [0.25, 0.3) is 6.08 Å². The van der Waals surface area contributed by atoms with Crippen LogP contribution < -0.4 is 10.6 Å². The number of nitrogens with zero attached hydrogens (tertiary/aromatic N) is 1. The molecule has 0 bridgehead atoms. The maximum Gasteiger partial charge on any atom is 0.255 e. The number of carbonyl (C=O) groups excluding carboxylic acids is 2. The maximum absolute atomic E-state index is 12.8. The molecule has 0 aromatic heterocycles. The number of halogens is 1. The Labute approximate surface area is 180 Å². The molecule has 0 spiro atoms. The zero-order chi connectivity index (χ0) is 20.6. The van der Waals surface area contributed by atoms with E-state index in [1.807, 2.05) is 35.2 Å². The van der Waals surface area contributed by atoms with Gasteiger partial charge in [-0.1, -0.05) is 41.9 Å². The van der Waals surface area contributed by atoms with Crippen LogP contribution in [0.3, 0.4) is 0 Å². The third-order valence-electron chi connectivity index (χ3n) is 4.61. The van der Waals surface area contributed by atoms with Crippen molar-refractivity contribution in [2.24, 2.45) is 0 Å². The predicted molar refractivity (Wildman–Crippen MR) is 121 cm³/mol. The number of amides is 2. The van der Waals surface area contributed by atoms with E-state index in [2.05, 4.69) is 10.6 Å². The van der Waals surface area contributed by atoms with Crippen LogP contribution in [0.2, 0.25) is 5.02 Å². The van der Waals surface area contributed by atoms with Gasteiger partial charge in [-0.15, -0.1) is 0 Å². The van der Waals surface area contributed by atoms with Crippen molar-refractivity contribution in [3.8, 4) is 0 Å². The number of piperidine rings is 1. The van der Waals surface area contributed by atoms with Gasteiger partial charge in [0.1, 0.15) is 0 Å². The molecular weight excluding hydrogens is 406 g/mol. The Morgan fingerprint density at radius 1 is 1.00 bits per heavy atom. The van der Waals surface area contributed by atoms with Crippen molar-refractivity contribution >= 4 is 52.5 Å². The normalized spacial score (nSPS) is 13.9. The Hall–Kier alpha value is -2.70. The highest BCUT2D eigenvalue weighted by atomic mass is 35.5. The molecule has 0 unspecified atom stereocenters. The third-order valence-corrected chi connectivity index (χ3v) is 5.15. The van der Waals surface area contributed by atoms with Crippen molar-refractivity contribution in [2.75, 3.05) is 18.4 Å². The van der Waals surface area contributed by atoms with E-state index in [0.29, 0.717) is 16.3 Å². The highest BCUT2D eigenvalue weighted by molar-refractivity contribution is 7.80. The topological polar surface area (TPSA) is 61.4 Å². The molecule has 0 aliphatic carbocycles. The van der Waals surface area contributed by atoms with E-state index in [0.717, 1.165) is 37.9 Å². The molecule has 3 rings (SSSR count). The first-order valence-electron chi connectivity index (χ1n) is 9.47. The molecule has 2 amide bonds. The number of carbonyl (C=O) groups is 2. The first kappa shape index (κ1) is 21.0.